The van der Waals surface area contributed by atoms with Gasteiger partial charge in [0.15, 0.2) is 11.6 Å². The molecule has 1 N–H and O–H groups in total. The Bertz CT molecular complexity index is 1470. The maximum atomic E-state index is 12.8. The van der Waals surface area contributed by atoms with Gasteiger partial charge in [0.2, 0.25) is 0 Å². The van der Waals surface area contributed by atoms with E-state index in [-0.39, 0.29) is 37.4 Å². The Morgan fingerprint density at radius 2 is 1.58 bits per heavy atom. The number of hydrogen-bond acceptors (Lipinski definition) is 4. The van der Waals surface area contributed by atoms with Crippen molar-refractivity contribution in [1.29, 1.82) is 0 Å². The van der Waals surface area contributed by atoms with E-state index >= 15 is 0 Å². The summed E-state index contributed by atoms with van der Waals surface area (Å²) in [5.74, 6) is 1.07. The monoisotopic (exact) mass is 683 g/mol. The Hall–Kier alpha value is -3.40. The third kappa shape index (κ3) is 6.72. The summed E-state index contributed by atoms with van der Waals surface area (Å²) in [5, 5.41) is 11.4. The molecule has 0 bridgehead atoms. The van der Waals surface area contributed by atoms with Gasteiger partial charge >= 0.3 is 0 Å². The van der Waals surface area contributed by atoms with Crippen molar-refractivity contribution in [2.45, 2.75) is 40.5 Å². The van der Waals surface area contributed by atoms with Crippen molar-refractivity contribution in [3.05, 3.63) is 102 Å². The fourth-order valence-electron chi connectivity index (χ4n) is 4.57. The Labute approximate surface area is 238 Å². The molecular weight excluding hydrogens is 651 g/mol. The Balaban J connectivity index is 0.000000248. The molecule has 5 heteroatoms. The molecule has 0 atom stereocenters. The van der Waals surface area contributed by atoms with Crippen molar-refractivity contribution in [2.75, 3.05) is 0 Å². The first-order valence-corrected chi connectivity index (χ1v) is 12.7. The molecule has 1 radical (unpaired) electrons. The number of pyridine rings is 1. The van der Waals surface area contributed by atoms with Crippen molar-refractivity contribution in [2.24, 2.45) is 11.8 Å². The van der Waals surface area contributed by atoms with Gasteiger partial charge < -0.3 is 10.1 Å². The van der Waals surface area contributed by atoms with Gasteiger partial charge in [-0.2, -0.15) is 0 Å². The zero-order valence-corrected chi connectivity index (χ0v) is 24.5. The van der Waals surface area contributed by atoms with E-state index in [0.29, 0.717) is 24.7 Å². The van der Waals surface area contributed by atoms with Crippen LogP contribution in [0.4, 0.5) is 0 Å². The minimum atomic E-state index is 0. The molecule has 0 saturated carbocycles. The summed E-state index contributed by atoms with van der Waals surface area (Å²) < 4.78 is 0. The zero-order chi connectivity index (χ0) is 26.5. The molecular formula is C33H32IrNO3-. The maximum absolute atomic E-state index is 12.8. The first kappa shape index (κ1) is 29.2. The molecule has 0 fully saturated rings. The van der Waals surface area contributed by atoms with Crippen molar-refractivity contribution < 1.29 is 34.8 Å². The average molecular weight is 683 g/mol. The van der Waals surface area contributed by atoms with E-state index < -0.39 is 0 Å². The molecule has 3 aromatic carbocycles. The van der Waals surface area contributed by atoms with Gasteiger partial charge in [-0.25, -0.2) is 0 Å². The number of benzene rings is 3. The van der Waals surface area contributed by atoms with Crippen molar-refractivity contribution in [3.8, 4) is 22.4 Å². The van der Waals surface area contributed by atoms with Crippen molar-refractivity contribution in [3.63, 3.8) is 0 Å². The summed E-state index contributed by atoms with van der Waals surface area (Å²) in [6.07, 6.45) is 4.28. The van der Waals surface area contributed by atoms with Gasteiger partial charge in [0.05, 0.1) is 5.76 Å². The van der Waals surface area contributed by atoms with Crippen LogP contribution in [0.1, 0.15) is 56.5 Å². The van der Waals surface area contributed by atoms with Crippen LogP contribution < -0.4 is 0 Å². The second-order valence-corrected chi connectivity index (χ2v) is 10.2. The topological polar surface area (TPSA) is 67.3 Å². The van der Waals surface area contributed by atoms with Gasteiger partial charge in [0, 0.05) is 56.3 Å². The summed E-state index contributed by atoms with van der Waals surface area (Å²) >= 11 is 0. The first-order chi connectivity index (χ1) is 17.7. The fourth-order valence-corrected chi connectivity index (χ4v) is 4.57. The van der Waals surface area contributed by atoms with Crippen LogP contribution >= 0.6 is 0 Å². The van der Waals surface area contributed by atoms with Gasteiger partial charge in [-0.3, -0.25) is 9.59 Å². The van der Waals surface area contributed by atoms with Gasteiger partial charge in [0.25, 0.3) is 0 Å². The molecule has 38 heavy (non-hydrogen) atoms. The standard InChI is InChI=1S/C22H12NO.C11H20O2.Ir/c24-22-17-9-5-4-8-16(17)19-12-15-10-11-23-21(18(15)13-20(19)22)14-6-2-1-3-7-14;1-8(2)5-10(12)7-11(13)6-9(3)4;/h1-6,8-13H;7-9,12H,5-6H2,1-4H3;/q-1;;/b;10-7-;. The van der Waals surface area contributed by atoms with Gasteiger partial charge in [-0.15, -0.1) is 35.9 Å². The van der Waals surface area contributed by atoms with Crippen LogP contribution in [0.3, 0.4) is 0 Å². The molecule has 1 aromatic heterocycles. The fraction of sp³-hybridized carbons (Fsp3) is 0.242. The minimum absolute atomic E-state index is 0. The number of aliphatic hydroxyl groups excluding tert-OH is 1. The number of hydrogen-bond donors (Lipinski definition) is 1. The van der Waals surface area contributed by atoms with E-state index in [9.17, 15) is 14.7 Å². The second-order valence-electron chi connectivity index (χ2n) is 10.2. The number of aliphatic hydroxyl groups is 1. The molecule has 1 heterocycles. The van der Waals surface area contributed by atoms with Crippen LogP contribution in [0, 0.1) is 17.9 Å². The summed E-state index contributed by atoms with van der Waals surface area (Å²) in [4.78, 5) is 28.5. The number of nitrogens with zero attached hydrogens (tertiary/aromatic N) is 1. The number of carbonyl (C=O) groups excluding carboxylic acids is 2. The number of allylic oxidation sites excluding steroid dienone is 2. The van der Waals surface area contributed by atoms with Crippen molar-refractivity contribution in [1.82, 2.24) is 4.98 Å². The summed E-state index contributed by atoms with van der Waals surface area (Å²) in [7, 11) is 0. The van der Waals surface area contributed by atoms with E-state index in [1.807, 2.05) is 94.6 Å². The van der Waals surface area contributed by atoms with Crippen LogP contribution in [0.2, 0.25) is 0 Å². The predicted octanol–water partition coefficient (Wildman–Crippen LogP) is 8.00. The summed E-state index contributed by atoms with van der Waals surface area (Å²) in [5.41, 5.74) is 5.37. The Kier molecular flexibility index (Phi) is 9.90. The first-order valence-electron chi connectivity index (χ1n) is 12.7. The van der Waals surface area contributed by atoms with E-state index in [1.54, 1.807) is 0 Å². The van der Waals surface area contributed by atoms with Crippen molar-refractivity contribution >= 4 is 22.3 Å². The van der Waals surface area contributed by atoms with Gasteiger partial charge in [-0.1, -0.05) is 52.0 Å². The summed E-state index contributed by atoms with van der Waals surface area (Å²) in [6.45, 7) is 8.00. The molecule has 1 aliphatic carbocycles. The number of ketones is 2. The number of fused-ring (bicyclic) bond motifs is 4. The Morgan fingerprint density at radius 3 is 2.24 bits per heavy atom. The third-order valence-electron chi connectivity index (χ3n) is 6.13. The average Bonchev–Trinajstić information content (AvgIpc) is 3.13. The van der Waals surface area contributed by atoms with E-state index in [4.69, 9.17) is 0 Å². The third-order valence-corrected chi connectivity index (χ3v) is 6.13. The number of carbonyl (C=O) groups is 2. The number of aromatic nitrogens is 1. The number of rotatable bonds is 6. The quantitative estimate of drug-likeness (QED) is 0.112. The van der Waals surface area contributed by atoms with Crippen LogP contribution in [0.5, 0.6) is 0 Å². The minimum Gasteiger partial charge on any atom is -0.512 e. The SMILES string of the molecule is CC(C)CC(=O)/C=C(\O)CC(C)C.O=C1c2ccccc2-c2cc3ccnc(-c4[c-]cccc4)c3cc21.[Ir]. The Morgan fingerprint density at radius 1 is 0.895 bits per heavy atom. The summed E-state index contributed by atoms with van der Waals surface area (Å²) in [6, 6.07) is 24.9. The molecule has 0 spiro atoms. The smallest absolute Gasteiger partial charge is 0.194 e. The van der Waals surface area contributed by atoms with E-state index in [2.05, 4.69) is 17.1 Å². The van der Waals surface area contributed by atoms with E-state index in [0.717, 1.165) is 44.3 Å². The molecule has 0 aliphatic heterocycles. The van der Waals surface area contributed by atoms with Gasteiger partial charge in [-0.05, 0) is 57.6 Å². The molecule has 0 saturated heterocycles. The second kappa shape index (κ2) is 12.9. The van der Waals surface area contributed by atoms with Crippen LogP contribution in [-0.2, 0) is 24.9 Å². The molecule has 0 unspecified atom stereocenters. The van der Waals surface area contributed by atoms with Crippen LogP contribution in [-0.4, -0.2) is 21.7 Å². The predicted molar refractivity (Wildman–Crippen MR) is 150 cm³/mol. The zero-order valence-electron chi connectivity index (χ0n) is 22.1. The van der Waals surface area contributed by atoms with E-state index in [1.165, 1.54) is 6.08 Å². The van der Waals surface area contributed by atoms with Crippen LogP contribution in [0.25, 0.3) is 33.2 Å². The molecule has 197 valence electrons. The normalized spacial score (nSPS) is 12.1. The molecule has 5 rings (SSSR count). The van der Waals surface area contributed by atoms with Crippen LogP contribution in [0.15, 0.2) is 84.8 Å². The van der Waals surface area contributed by atoms with Gasteiger partial charge in [0.1, 0.15) is 0 Å². The molecule has 4 aromatic rings. The molecule has 1 aliphatic rings. The molecule has 4 nitrogen and oxygen atoms in total. The molecule has 0 amide bonds. The largest absolute Gasteiger partial charge is 0.512 e. The maximum Gasteiger partial charge on any atom is 0.194 e.